The van der Waals surface area contributed by atoms with Gasteiger partial charge in [-0.15, -0.1) is 0 Å². The van der Waals surface area contributed by atoms with Crippen LogP contribution in [-0.4, -0.2) is 20.7 Å². The fourth-order valence-electron chi connectivity index (χ4n) is 2.41. The number of amides is 1. The number of carbonyl (C=O) groups excluding carboxylic acids is 1. The predicted octanol–water partition coefficient (Wildman–Crippen LogP) is 3.14. The minimum Gasteiger partial charge on any atom is -0.322 e. The highest BCUT2D eigenvalue weighted by Gasteiger charge is 2.08. The zero-order chi connectivity index (χ0) is 16.1. The van der Waals surface area contributed by atoms with Gasteiger partial charge in [0.2, 0.25) is 0 Å². The topological polar surface area (TPSA) is 59.8 Å². The predicted molar refractivity (Wildman–Crippen MR) is 89.3 cm³/mol. The summed E-state index contributed by atoms with van der Waals surface area (Å²) in [5.41, 5.74) is 3.70. The maximum Gasteiger partial charge on any atom is 0.255 e. The molecular formula is C18H18N4O. The Labute approximate surface area is 135 Å². The molecular weight excluding hydrogens is 288 g/mol. The lowest BCUT2D eigenvalue weighted by Gasteiger charge is -2.10. The lowest BCUT2D eigenvalue weighted by molar-refractivity contribution is 0.102. The number of hydrogen-bond donors (Lipinski definition) is 1. The SMILES string of the molecule is CCc1ccccc1NC(=O)c1ccc(Cn2cncn2)cc1. The van der Waals surface area contributed by atoms with E-state index in [9.17, 15) is 4.79 Å². The van der Waals surface area contributed by atoms with Crippen LogP contribution in [0.1, 0.15) is 28.4 Å². The van der Waals surface area contributed by atoms with Crippen molar-refractivity contribution in [1.29, 1.82) is 0 Å². The van der Waals surface area contributed by atoms with Crippen LogP contribution in [0.15, 0.2) is 61.2 Å². The molecule has 1 aromatic heterocycles. The summed E-state index contributed by atoms with van der Waals surface area (Å²) in [5, 5.41) is 7.05. The molecule has 1 amide bonds. The second-order valence-corrected chi connectivity index (χ2v) is 5.25. The van der Waals surface area contributed by atoms with Crippen LogP contribution in [-0.2, 0) is 13.0 Å². The van der Waals surface area contributed by atoms with Crippen molar-refractivity contribution in [1.82, 2.24) is 14.8 Å². The summed E-state index contributed by atoms with van der Waals surface area (Å²) in [4.78, 5) is 16.3. The standard InChI is InChI=1S/C18H18N4O/c1-2-15-5-3-4-6-17(15)21-18(23)16-9-7-14(8-10-16)11-22-13-19-12-20-22/h3-10,12-13H,2,11H2,1H3,(H,21,23). The fraction of sp³-hybridized carbons (Fsp3) is 0.167. The monoisotopic (exact) mass is 306 g/mol. The number of nitrogens with zero attached hydrogens (tertiary/aromatic N) is 3. The van der Waals surface area contributed by atoms with Gasteiger partial charge in [0.15, 0.2) is 0 Å². The molecule has 0 radical (unpaired) electrons. The minimum absolute atomic E-state index is 0.0989. The van der Waals surface area contributed by atoms with E-state index >= 15 is 0 Å². The summed E-state index contributed by atoms with van der Waals surface area (Å²) in [6.07, 6.45) is 4.06. The largest absolute Gasteiger partial charge is 0.322 e. The normalized spacial score (nSPS) is 10.5. The van der Waals surface area contributed by atoms with E-state index in [2.05, 4.69) is 22.3 Å². The Bertz CT molecular complexity index is 779. The molecule has 3 aromatic rings. The van der Waals surface area contributed by atoms with Crippen LogP contribution in [0.25, 0.3) is 0 Å². The zero-order valence-electron chi connectivity index (χ0n) is 12.9. The van der Waals surface area contributed by atoms with Gasteiger partial charge in [-0.25, -0.2) is 9.67 Å². The number of rotatable bonds is 5. The number of hydrogen-bond acceptors (Lipinski definition) is 3. The molecule has 0 aliphatic carbocycles. The minimum atomic E-state index is -0.0989. The second-order valence-electron chi connectivity index (χ2n) is 5.25. The van der Waals surface area contributed by atoms with Crippen molar-refractivity contribution in [3.05, 3.63) is 77.9 Å². The lowest BCUT2D eigenvalue weighted by Crippen LogP contribution is -2.13. The molecule has 0 spiro atoms. The first-order chi connectivity index (χ1) is 11.3. The molecule has 0 aliphatic heterocycles. The fourth-order valence-corrected chi connectivity index (χ4v) is 2.41. The highest BCUT2D eigenvalue weighted by molar-refractivity contribution is 6.04. The van der Waals surface area contributed by atoms with Gasteiger partial charge in [0, 0.05) is 11.3 Å². The molecule has 116 valence electrons. The van der Waals surface area contributed by atoms with Crippen LogP contribution in [0.5, 0.6) is 0 Å². The number of anilines is 1. The Hall–Kier alpha value is -2.95. The molecule has 3 rings (SSSR count). The van der Waals surface area contributed by atoms with Gasteiger partial charge < -0.3 is 5.32 Å². The number of para-hydroxylation sites is 1. The summed E-state index contributed by atoms with van der Waals surface area (Å²) in [6.45, 7) is 2.71. The van der Waals surface area contributed by atoms with Crippen molar-refractivity contribution in [3.8, 4) is 0 Å². The van der Waals surface area contributed by atoms with Gasteiger partial charge in [0.25, 0.3) is 5.91 Å². The highest BCUT2D eigenvalue weighted by Crippen LogP contribution is 2.17. The molecule has 5 nitrogen and oxygen atoms in total. The molecule has 1 heterocycles. The van der Waals surface area contributed by atoms with Gasteiger partial charge in [-0.2, -0.15) is 5.10 Å². The van der Waals surface area contributed by atoms with Crippen LogP contribution in [0.4, 0.5) is 5.69 Å². The van der Waals surface area contributed by atoms with Gasteiger partial charge >= 0.3 is 0 Å². The summed E-state index contributed by atoms with van der Waals surface area (Å²) in [6, 6.07) is 15.4. The van der Waals surface area contributed by atoms with E-state index in [4.69, 9.17) is 0 Å². The highest BCUT2D eigenvalue weighted by atomic mass is 16.1. The van der Waals surface area contributed by atoms with Crippen LogP contribution in [0.2, 0.25) is 0 Å². The quantitative estimate of drug-likeness (QED) is 0.788. The van der Waals surface area contributed by atoms with Gasteiger partial charge in [0.1, 0.15) is 12.7 Å². The van der Waals surface area contributed by atoms with E-state index in [1.54, 1.807) is 11.0 Å². The third-order valence-electron chi connectivity index (χ3n) is 3.67. The summed E-state index contributed by atoms with van der Waals surface area (Å²) in [7, 11) is 0. The Morgan fingerprint density at radius 1 is 1.13 bits per heavy atom. The van der Waals surface area contributed by atoms with Gasteiger partial charge in [0.05, 0.1) is 6.54 Å². The number of benzene rings is 2. The smallest absolute Gasteiger partial charge is 0.255 e. The number of aromatic nitrogens is 3. The molecule has 1 N–H and O–H groups in total. The van der Waals surface area contributed by atoms with Crippen LogP contribution < -0.4 is 5.32 Å². The molecule has 0 atom stereocenters. The number of nitrogens with one attached hydrogen (secondary N) is 1. The first kappa shape index (κ1) is 15.0. The Kier molecular flexibility index (Phi) is 4.47. The Morgan fingerprint density at radius 2 is 1.91 bits per heavy atom. The van der Waals surface area contributed by atoms with Crippen LogP contribution in [0.3, 0.4) is 0 Å². The van der Waals surface area contributed by atoms with E-state index in [0.717, 1.165) is 23.2 Å². The summed E-state index contributed by atoms with van der Waals surface area (Å²) in [5.74, 6) is -0.0989. The van der Waals surface area contributed by atoms with Crippen LogP contribution >= 0.6 is 0 Å². The second kappa shape index (κ2) is 6.87. The molecule has 0 aliphatic rings. The first-order valence-electron chi connectivity index (χ1n) is 7.57. The molecule has 5 heteroatoms. The molecule has 0 saturated carbocycles. The molecule has 2 aromatic carbocycles. The van der Waals surface area contributed by atoms with E-state index in [1.165, 1.54) is 6.33 Å². The molecule has 0 saturated heterocycles. The first-order valence-corrected chi connectivity index (χ1v) is 7.57. The van der Waals surface area contributed by atoms with Crippen molar-refractivity contribution in [2.45, 2.75) is 19.9 Å². The Morgan fingerprint density at radius 3 is 2.61 bits per heavy atom. The third-order valence-corrected chi connectivity index (χ3v) is 3.67. The maximum absolute atomic E-state index is 12.4. The van der Waals surface area contributed by atoms with E-state index < -0.39 is 0 Å². The van der Waals surface area contributed by atoms with E-state index in [-0.39, 0.29) is 5.91 Å². The van der Waals surface area contributed by atoms with E-state index in [0.29, 0.717) is 12.1 Å². The van der Waals surface area contributed by atoms with Crippen molar-refractivity contribution in [2.24, 2.45) is 0 Å². The average Bonchev–Trinajstić information content (AvgIpc) is 3.09. The molecule has 23 heavy (non-hydrogen) atoms. The van der Waals surface area contributed by atoms with Crippen LogP contribution in [0, 0.1) is 0 Å². The Balaban J connectivity index is 1.70. The number of aryl methyl sites for hydroxylation is 1. The van der Waals surface area contributed by atoms with Crippen molar-refractivity contribution >= 4 is 11.6 Å². The van der Waals surface area contributed by atoms with Gasteiger partial charge in [-0.1, -0.05) is 37.3 Å². The third kappa shape index (κ3) is 3.63. The van der Waals surface area contributed by atoms with Crippen molar-refractivity contribution < 1.29 is 4.79 Å². The number of carbonyl (C=O) groups is 1. The lowest BCUT2D eigenvalue weighted by atomic mass is 10.1. The van der Waals surface area contributed by atoms with Gasteiger partial charge in [-0.05, 0) is 35.7 Å². The summed E-state index contributed by atoms with van der Waals surface area (Å²) >= 11 is 0. The molecule has 0 bridgehead atoms. The maximum atomic E-state index is 12.4. The molecule has 0 fully saturated rings. The van der Waals surface area contributed by atoms with E-state index in [1.807, 2.05) is 48.5 Å². The molecule has 0 unspecified atom stereocenters. The average molecular weight is 306 g/mol. The summed E-state index contributed by atoms with van der Waals surface area (Å²) < 4.78 is 1.74. The van der Waals surface area contributed by atoms with Gasteiger partial charge in [-0.3, -0.25) is 4.79 Å². The van der Waals surface area contributed by atoms with Crippen molar-refractivity contribution in [3.63, 3.8) is 0 Å². The van der Waals surface area contributed by atoms with Crippen molar-refractivity contribution in [2.75, 3.05) is 5.32 Å². The zero-order valence-corrected chi connectivity index (χ0v) is 12.9.